The van der Waals surface area contributed by atoms with E-state index in [1.807, 2.05) is 54.7 Å². The van der Waals surface area contributed by atoms with Gasteiger partial charge in [0.15, 0.2) is 0 Å². The van der Waals surface area contributed by atoms with Crippen LogP contribution in [0.5, 0.6) is 5.75 Å². The van der Waals surface area contributed by atoms with E-state index in [0.29, 0.717) is 11.4 Å². The van der Waals surface area contributed by atoms with Gasteiger partial charge >= 0.3 is 0 Å². The second-order valence-electron chi connectivity index (χ2n) is 13.1. The number of aromatic hydroxyl groups is 1. The number of imidazole rings is 1. The Hall–Kier alpha value is -5.57. The number of phenolic OH excluding ortho intramolecular Hbond substituents is 1. The van der Waals surface area contributed by atoms with Crippen LogP contribution in [-0.2, 0) is 26.5 Å². The molecule has 0 spiro atoms. The number of phenols is 1. The summed E-state index contributed by atoms with van der Waals surface area (Å²) in [6, 6.07) is 53.4. The minimum absolute atomic E-state index is 0. The molecule has 0 saturated carbocycles. The molecule has 8 aromatic rings. The van der Waals surface area contributed by atoms with Crippen LogP contribution in [0.3, 0.4) is 0 Å². The molecule has 0 fully saturated rings. The van der Waals surface area contributed by atoms with Gasteiger partial charge in [0.1, 0.15) is 11.6 Å². The molecule has 4 nitrogen and oxygen atoms in total. The Morgan fingerprint density at radius 3 is 2.12 bits per heavy atom. The van der Waals surface area contributed by atoms with Crippen LogP contribution < -0.4 is 0 Å². The Balaban J connectivity index is 0.00000361. The molecular formula is C45H32N3OPt-. The molecule has 1 aliphatic carbocycles. The van der Waals surface area contributed by atoms with Crippen LogP contribution in [0.15, 0.2) is 152 Å². The molecule has 0 aliphatic heterocycles. The van der Waals surface area contributed by atoms with E-state index in [4.69, 9.17) is 9.97 Å². The van der Waals surface area contributed by atoms with E-state index in [1.54, 1.807) is 0 Å². The summed E-state index contributed by atoms with van der Waals surface area (Å²) in [7, 11) is 0. The third-order valence-corrected chi connectivity index (χ3v) is 9.87. The summed E-state index contributed by atoms with van der Waals surface area (Å²) in [5.74, 6) is 0.899. The molecule has 6 aromatic carbocycles. The van der Waals surface area contributed by atoms with Gasteiger partial charge in [-0.3, -0.25) is 9.55 Å². The van der Waals surface area contributed by atoms with Crippen molar-refractivity contribution in [2.75, 3.05) is 0 Å². The van der Waals surface area contributed by atoms with E-state index in [1.165, 1.54) is 11.1 Å². The van der Waals surface area contributed by atoms with Crippen molar-refractivity contribution in [2.24, 2.45) is 0 Å². The third kappa shape index (κ3) is 5.11. The second-order valence-corrected chi connectivity index (χ2v) is 13.1. The first-order valence-corrected chi connectivity index (χ1v) is 16.6. The summed E-state index contributed by atoms with van der Waals surface area (Å²) < 4.78 is 2.15. The number of benzene rings is 6. The van der Waals surface area contributed by atoms with Crippen molar-refractivity contribution in [3.05, 3.63) is 169 Å². The summed E-state index contributed by atoms with van der Waals surface area (Å²) in [5.41, 5.74) is 13.8. The number of aromatic nitrogens is 3. The fraction of sp³-hybridized carbons (Fsp3) is 0.0667. The number of para-hydroxylation sites is 2. The molecule has 0 saturated heterocycles. The van der Waals surface area contributed by atoms with Gasteiger partial charge in [-0.2, -0.15) is 0 Å². The number of fused-ring (bicyclic) bond motifs is 4. The number of hydrogen-bond donors (Lipinski definition) is 1. The molecular weight excluding hydrogens is 794 g/mol. The van der Waals surface area contributed by atoms with Gasteiger partial charge in [0, 0.05) is 44.1 Å². The number of hydrogen-bond acceptors (Lipinski definition) is 3. The molecule has 0 bridgehead atoms. The Morgan fingerprint density at radius 2 is 1.30 bits per heavy atom. The van der Waals surface area contributed by atoms with Crippen LogP contribution in [0.2, 0.25) is 0 Å². The zero-order chi connectivity index (χ0) is 33.1. The van der Waals surface area contributed by atoms with Crippen LogP contribution in [0.1, 0.15) is 25.0 Å². The van der Waals surface area contributed by atoms with Crippen molar-refractivity contribution >= 4 is 11.0 Å². The maximum atomic E-state index is 11.7. The molecule has 0 unspecified atom stereocenters. The van der Waals surface area contributed by atoms with Crippen molar-refractivity contribution in [2.45, 2.75) is 19.3 Å². The van der Waals surface area contributed by atoms with E-state index >= 15 is 0 Å². The van der Waals surface area contributed by atoms with Gasteiger partial charge in [-0.25, -0.2) is 4.98 Å². The molecule has 1 N–H and O–H groups in total. The van der Waals surface area contributed by atoms with E-state index < -0.39 is 0 Å². The van der Waals surface area contributed by atoms with Gasteiger partial charge < -0.3 is 5.11 Å². The normalized spacial score (nSPS) is 12.7. The maximum Gasteiger partial charge on any atom is 0.148 e. The predicted molar refractivity (Wildman–Crippen MR) is 199 cm³/mol. The first-order chi connectivity index (χ1) is 24.0. The Kier molecular flexibility index (Phi) is 7.85. The molecule has 0 amide bonds. The monoisotopic (exact) mass is 825 g/mol. The molecule has 0 radical (unpaired) electrons. The largest absolute Gasteiger partial charge is 0.507 e. The summed E-state index contributed by atoms with van der Waals surface area (Å²) in [4.78, 5) is 10.1. The van der Waals surface area contributed by atoms with Crippen LogP contribution in [0.4, 0.5) is 0 Å². The first kappa shape index (κ1) is 31.7. The van der Waals surface area contributed by atoms with Gasteiger partial charge in [-0.15, -0.1) is 29.8 Å². The van der Waals surface area contributed by atoms with Crippen molar-refractivity contribution in [3.8, 4) is 67.5 Å². The molecule has 0 atom stereocenters. The molecule has 9 rings (SSSR count). The van der Waals surface area contributed by atoms with Crippen LogP contribution in [-0.4, -0.2) is 19.6 Å². The summed E-state index contributed by atoms with van der Waals surface area (Å²) in [6.45, 7) is 4.45. The van der Waals surface area contributed by atoms with Crippen molar-refractivity contribution in [1.82, 2.24) is 14.5 Å². The molecule has 5 heteroatoms. The Morgan fingerprint density at radius 1 is 0.600 bits per heavy atom. The molecule has 1 aliphatic rings. The summed E-state index contributed by atoms with van der Waals surface area (Å²) in [5, 5.41) is 11.7. The number of pyridine rings is 1. The number of nitrogens with zero attached hydrogens (tertiary/aromatic N) is 3. The SMILES string of the molecule is CC1(C)c2ccccc2-c2cc(-c3nc4c(-c5[c-]c(-c6cc(-c7ccccc7)ccn6)ccc5)cccc4n3-c3ccccc3)c(O)cc21.[Pt]. The summed E-state index contributed by atoms with van der Waals surface area (Å²) >= 11 is 0. The minimum atomic E-state index is -0.217. The van der Waals surface area contributed by atoms with E-state index in [9.17, 15) is 5.11 Å². The molecule has 2 heterocycles. The predicted octanol–water partition coefficient (Wildman–Crippen LogP) is 10.9. The zero-order valence-corrected chi connectivity index (χ0v) is 29.8. The molecule has 244 valence electrons. The van der Waals surface area contributed by atoms with Gasteiger partial charge in [-0.1, -0.05) is 116 Å². The number of rotatable bonds is 5. The fourth-order valence-corrected chi connectivity index (χ4v) is 7.41. The van der Waals surface area contributed by atoms with Crippen molar-refractivity contribution in [3.63, 3.8) is 0 Å². The van der Waals surface area contributed by atoms with Crippen LogP contribution in [0, 0.1) is 6.07 Å². The standard InChI is InChI=1S/C45H32N3O.Pt/c1-45(2)38-21-10-9-19-35(38)36-27-37(42(49)28-39(36)45)44-47-43-34(20-12-22-41(43)48(44)33-17-7-4-8-18-33)31-15-11-16-32(25-31)40-26-30(23-24-46-40)29-13-5-3-6-14-29;/h3-24,26-28,49H,1-2H3;/q-1;. The average Bonchev–Trinajstić information content (AvgIpc) is 3.64. The first-order valence-electron chi connectivity index (χ1n) is 16.6. The van der Waals surface area contributed by atoms with E-state index in [2.05, 4.69) is 122 Å². The minimum Gasteiger partial charge on any atom is -0.507 e. The van der Waals surface area contributed by atoms with Crippen molar-refractivity contribution in [1.29, 1.82) is 0 Å². The molecule has 50 heavy (non-hydrogen) atoms. The third-order valence-electron chi connectivity index (χ3n) is 9.87. The van der Waals surface area contributed by atoms with Crippen LogP contribution in [0.25, 0.3) is 72.7 Å². The second kappa shape index (κ2) is 12.4. The van der Waals surface area contributed by atoms with Gasteiger partial charge in [0.25, 0.3) is 0 Å². The fourth-order valence-electron chi connectivity index (χ4n) is 7.41. The van der Waals surface area contributed by atoms with Crippen molar-refractivity contribution < 1.29 is 26.2 Å². The summed E-state index contributed by atoms with van der Waals surface area (Å²) in [6.07, 6.45) is 1.86. The van der Waals surface area contributed by atoms with E-state index in [-0.39, 0.29) is 32.2 Å². The van der Waals surface area contributed by atoms with Gasteiger partial charge in [0.2, 0.25) is 0 Å². The van der Waals surface area contributed by atoms with Crippen LogP contribution >= 0.6 is 0 Å². The smallest absolute Gasteiger partial charge is 0.148 e. The quantitative estimate of drug-likeness (QED) is 0.176. The van der Waals surface area contributed by atoms with Gasteiger partial charge in [-0.05, 0) is 69.8 Å². The molecule has 2 aromatic heterocycles. The van der Waals surface area contributed by atoms with Gasteiger partial charge in [0.05, 0.1) is 16.6 Å². The Bertz CT molecular complexity index is 2540. The van der Waals surface area contributed by atoms with E-state index in [0.717, 1.165) is 61.4 Å². The topological polar surface area (TPSA) is 50.9 Å². The maximum absolute atomic E-state index is 11.7. The average molecular weight is 826 g/mol. The zero-order valence-electron chi connectivity index (χ0n) is 27.5. The Labute approximate surface area is 306 Å².